The third-order valence-corrected chi connectivity index (χ3v) is 5.10. The number of pyridine rings is 1. The maximum atomic E-state index is 14.7. The minimum Gasteiger partial charge on any atom is -0.479 e. The summed E-state index contributed by atoms with van der Waals surface area (Å²) in [7, 11) is -2.64. The third kappa shape index (κ3) is 4.32. The molecule has 3 aromatic rings. The number of ether oxygens (including phenoxy) is 1. The number of carbonyl (C=O) groups is 1. The summed E-state index contributed by atoms with van der Waals surface area (Å²) in [5.41, 5.74) is -0.586. The molecule has 3 rings (SSSR count). The van der Waals surface area contributed by atoms with E-state index in [1.807, 2.05) is 4.72 Å². The summed E-state index contributed by atoms with van der Waals surface area (Å²) in [4.78, 5) is 16.7. The van der Waals surface area contributed by atoms with Crippen LogP contribution in [0.4, 0.5) is 14.5 Å². The molecule has 0 unspecified atom stereocenters. The molecule has 0 aliphatic rings. The number of halogens is 2. The molecule has 0 atom stereocenters. The van der Waals surface area contributed by atoms with Crippen LogP contribution < -0.4 is 14.2 Å². The van der Waals surface area contributed by atoms with Crippen LogP contribution >= 0.6 is 0 Å². The van der Waals surface area contributed by atoms with E-state index in [0.29, 0.717) is 16.6 Å². The van der Waals surface area contributed by atoms with E-state index in [2.05, 4.69) is 19.9 Å². The lowest BCUT2D eigenvalue weighted by Gasteiger charge is -2.12. The van der Waals surface area contributed by atoms with E-state index < -0.39 is 38.9 Å². The van der Waals surface area contributed by atoms with Crippen molar-refractivity contribution in [2.75, 3.05) is 18.4 Å². The molecule has 0 radical (unpaired) electrons. The number of H-pyrrole nitrogens is 1. The number of hydrogen-bond donors (Lipinski definition) is 3. The van der Waals surface area contributed by atoms with Gasteiger partial charge in [-0.1, -0.05) is 6.92 Å². The maximum absolute atomic E-state index is 14.7. The average molecular weight is 425 g/mol. The Morgan fingerprint density at radius 1 is 1.31 bits per heavy atom. The minimum atomic E-state index is -4.06. The number of anilines is 1. The van der Waals surface area contributed by atoms with Gasteiger partial charge in [0.2, 0.25) is 5.88 Å². The lowest BCUT2D eigenvalue weighted by Crippen LogP contribution is -2.30. The Morgan fingerprint density at radius 3 is 2.76 bits per heavy atom. The normalized spacial score (nSPS) is 11.6. The summed E-state index contributed by atoms with van der Waals surface area (Å²) < 4.78 is 61.6. The zero-order chi connectivity index (χ0) is 21.2. The number of nitrogens with zero attached hydrogens (tertiary/aromatic N) is 2. The van der Waals surface area contributed by atoms with Gasteiger partial charge in [0.05, 0.1) is 23.7 Å². The van der Waals surface area contributed by atoms with Crippen LogP contribution in [0.2, 0.25) is 0 Å². The number of hydrogen-bond acceptors (Lipinski definition) is 6. The van der Waals surface area contributed by atoms with Gasteiger partial charge >= 0.3 is 0 Å². The van der Waals surface area contributed by atoms with Crippen LogP contribution in [-0.4, -0.2) is 43.0 Å². The molecular formula is C17H17F2N5O4S. The molecule has 0 aliphatic carbocycles. The minimum absolute atomic E-state index is 0.0664. The second kappa shape index (κ2) is 8.09. The highest BCUT2D eigenvalue weighted by atomic mass is 32.2. The topological polar surface area (TPSA) is 126 Å². The van der Waals surface area contributed by atoms with Gasteiger partial charge < -0.3 is 4.74 Å². The Labute approximate surface area is 164 Å². The van der Waals surface area contributed by atoms with E-state index in [1.165, 1.54) is 20.2 Å². The Bertz CT molecular complexity index is 1180. The number of rotatable bonds is 8. The number of aromatic nitrogens is 3. The molecule has 2 aromatic heterocycles. The first-order valence-corrected chi connectivity index (χ1v) is 9.89. The molecule has 12 heteroatoms. The van der Waals surface area contributed by atoms with Gasteiger partial charge in [0.25, 0.3) is 10.2 Å². The van der Waals surface area contributed by atoms with E-state index in [1.54, 1.807) is 6.07 Å². The predicted molar refractivity (Wildman–Crippen MR) is 101 cm³/mol. The van der Waals surface area contributed by atoms with Gasteiger partial charge in [-0.3, -0.25) is 14.6 Å². The molecule has 0 amide bonds. The number of methoxy groups -OCH3 is 1. The number of nitrogens with one attached hydrogen (secondary N) is 3. The molecule has 0 saturated heterocycles. The van der Waals surface area contributed by atoms with Gasteiger partial charge in [0.1, 0.15) is 5.82 Å². The van der Waals surface area contributed by atoms with E-state index in [4.69, 9.17) is 4.74 Å². The van der Waals surface area contributed by atoms with Crippen LogP contribution in [0.5, 0.6) is 5.88 Å². The fraction of sp³-hybridized carbons (Fsp3) is 0.235. The van der Waals surface area contributed by atoms with Crippen LogP contribution in [0.3, 0.4) is 0 Å². The smallest absolute Gasteiger partial charge is 0.299 e. The third-order valence-electron chi connectivity index (χ3n) is 3.94. The first-order chi connectivity index (χ1) is 13.8. The Kier molecular flexibility index (Phi) is 5.75. The van der Waals surface area contributed by atoms with Gasteiger partial charge in [-0.05, 0) is 23.8 Å². The summed E-state index contributed by atoms with van der Waals surface area (Å²) in [6.07, 6.45) is 1.000. The van der Waals surface area contributed by atoms with Gasteiger partial charge in [0, 0.05) is 19.2 Å². The molecule has 0 aliphatic heterocycles. The highest BCUT2D eigenvalue weighted by Gasteiger charge is 2.23. The second-order valence-corrected chi connectivity index (χ2v) is 7.46. The van der Waals surface area contributed by atoms with E-state index in [9.17, 15) is 22.0 Å². The first kappa shape index (κ1) is 20.6. The monoisotopic (exact) mass is 425 g/mol. The Hall–Kier alpha value is -3.12. The Morgan fingerprint density at radius 2 is 2.07 bits per heavy atom. The molecule has 0 fully saturated rings. The summed E-state index contributed by atoms with van der Waals surface area (Å²) >= 11 is 0. The number of benzene rings is 1. The molecule has 29 heavy (non-hydrogen) atoms. The maximum Gasteiger partial charge on any atom is 0.299 e. The van der Waals surface area contributed by atoms with Crippen LogP contribution in [-0.2, 0) is 16.6 Å². The number of fused-ring (bicyclic) bond motifs is 1. The van der Waals surface area contributed by atoms with Crippen molar-refractivity contribution in [2.45, 2.75) is 13.3 Å². The summed E-state index contributed by atoms with van der Waals surface area (Å²) in [6.45, 7) is 1.60. The van der Waals surface area contributed by atoms with Crippen molar-refractivity contribution in [3.63, 3.8) is 0 Å². The van der Waals surface area contributed by atoms with Gasteiger partial charge in [-0.2, -0.15) is 13.1 Å². The SMILES string of the molecule is CCNS(=O)(=O)Nc1ccc(F)c(C(=O)Cc2cnc3[nH]nc(OC)c3c2)c1F. The first-order valence-electron chi connectivity index (χ1n) is 8.41. The van der Waals surface area contributed by atoms with Gasteiger partial charge in [-0.25, -0.2) is 13.8 Å². The van der Waals surface area contributed by atoms with Gasteiger partial charge in [-0.15, -0.1) is 5.10 Å². The largest absolute Gasteiger partial charge is 0.479 e. The summed E-state index contributed by atoms with van der Waals surface area (Å²) in [6, 6.07) is 3.29. The molecule has 2 heterocycles. The zero-order valence-corrected chi connectivity index (χ0v) is 16.2. The summed E-state index contributed by atoms with van der Waals surface area (Å²) in [5.74, 6) is -3.02. The highest BCUT2D eigenvalue weighted by molar-refractivity contribution is 7.90. The fourth-order valence-corrected chi connectivity index (χ4v) is 3.61. The van der Waals surface area contributed by atoms with Gasteiger partial charge in [0.15, 0.2) is 17.2 Å². The lowest BCUT2D eigenvalue weighted by atomic mass is 10.0. The van der Waals surface area contributed by atoms with Crippen molar-refractivity contribution in [2.24, 2.45) is 0 Å². The Balaban J connectivity index is 1.92. The quantitative estimate of drug-likeness (QED) is 0.474. The number of Topliss-reactive ketones (excluding diaryl/α,β-unsaturated/α-hetero) is 1. The average Bonchev–Trinajstić information content (AvgIpc) is 3.06. The summed E-state index contributed by atoms with van der Waals surface area (Å²) in [5, 5.41) is 7.05. The van der Waals surface area contributed by atoms with Crippen molar-refractivity contribution in [3.8, 4) is 5.88 Å². The molecular weight excluding hydrogens is 408 g/mol. The second-order valence-electron chi connectivity index (χ2n) is 5.96. The van der Waals surface area contributed by atoms with Crippen LogP contribution in [0.1, 0.15) is 22.8 Å². The predicted octanol–water partition coefficient (Wildman–Crippen LogP) is 1.94. The lowest BCUT2D eigenvalue weighted by molar-refractivity contribution is 0.0985. The van der Waals surface area contributed by atoms with Crippen molar-refractivity contribution in [1.82, 2.24) is 19.9 Å². The molecule has 154 valence electrons. The van der Waals surface area contributed by atoms with Crippen molar-refractivity contribution in [3.05, 3.63) is 47.2 Å². The van der Waals surface area contributed by atoms with Crippen LogP contribution in [0.15, 0.2) is 24.4 Å². The van der Waals surface area contributed by atoms with E-state index in [0.717, 1.165) is 12.1 Å². The highest BCUT2D eigenvalue weighted by Crippen LogP contribution is 2.25. The van der Waals surface area contributed by atoms with Crippen molar-refractivity contribution < 1.29 is 26.7 Å². The zero-order valence-electron chi connectivity index (χ0n) is 15.4. The van der Waals surface area contributed by atoms with Crippen LogP contribution in [0.25, 0.3) is 11.0 Å². The standard InChI is InChI=1S/C17H17F2N5O4S/c1-3-21-29(26,27)24-12-5-4-11(18)14(15(12)19)13(25)7-9-6-10-16(20-8-9)22-23-17(10)28-2/h4-6,8,21,24H,3,7H2,1-2H3,(H,20,22,23). The fourth-order valence-electron chi connectivity index (χ4n) is 2.71. The molecule has 0 saturated carbocycles. The number of ketones is 1. The molecule has 1 aromatic carbocycles. The molecule has 9 nitrogen and oxygen atoms in total. The van der Waals surface area contributed by atoms with E-state index in [-0.39, 0.29) is 18.8 Å². The van der Waals surface area contributed by atoms with Crippen molar-refractivity contribution >= 4 is 32.7 Å². The molecule has 0 bridgehead atoms. The van der Waals surface area contributed by atoms with Crippen LogP contribution in [0, 0.1) is 11.6 Å². The van der Waals surface area contributed by atoms with E-state index >= 15 is 0 Å². The number of carbonyl (C=O) groups excluding carboxylic acids is 1. The number of aromatic amines is 1. The molecule has 0 spiro atoms. The molecule has 3 N–H and O–H groups in total. The van der Waals surface area contributed by atoms with Crippen molar-refractivity contribution in [1.29, 1.82) is 0 Å².